The second kappa shape index (κ2) is 5.37. The average Bonchev–Trinajstić information content (AvgIpc) is 2.89. The Balaban J connectivity index is 1.70. The number of anilines is 1. The first-order chi connectivity index (χ1) is 11.4. The Morgan fingerprint density at radius 2 is 2.17 bits per heavy atom. The van der Waals surface area contributed by atoms with E-state index in [1.165, 1.54) is 4.90 Å². The molecule has 2 N–H and O–H groups in total. The largest absolute Gasteiger partial charge is 0.382 e. The molecule has 0 spiro atoms. The molecule has 0 bridgehead atoms. The topological polar surface area (TPSA) is 76.5 Å². The lowest BCUT2D eigenvalue weighted by atomic mass is 9.84. The molecule has 4 heterocycles. The van der Waals surface area contributed by atoms with Crippen LogP contribution in [0.25, 0.3) is 5.52 Å². The number of nitrogen functional groups attached to an aromatic ring is 1. The molecule has 0 radical (unpaired) electrons. The molecule has 2 aromatic rings. The predicted octanol–water partition coefficient (Wildman–Crippen LogP) is 2.58. The molecule has 2 aliphatic rings. The summed E-state index contributed by atoms with van der Waals surface area (Å²) < 4.78 is 30.6. The van der Waals surface area contributed by atoms with Gasteiger partial charge in [0.25, 0.3) is 5.92 Å². The number of nitrogens with two attached hydrogens (primary N) is 1. The second-order valence-corrected chi connectivity index (χ2v) is 7.14. The van der Waals surface area contributed by atoms with Gasteiger partial charge in [-0.1, -0.05) is 0 Å². The summed E-state index contributed by atoms with van der Waals surface area (Å²) >= 11 is 3.38. The minimum atomic E-state index is -2.80. The summed E-state index contributed by atoms with van der Waals surface area (Å²) in [6.07, 6.45) is 3.70. The summed E-state index contributed by atoms with van der Waals surface area (Å²) in [7, 11) is 0. The summed E-state index contributed by atoms with van der Waals surface area (Å²) in [4.78, 5) is 22.0. The highest BCUT2D eigenvalue weighted by molar-refractivity contribution is 9.10. The number of hydrogen-bond acceptors (Lipinski definition) is 4. The maximum Gasteiger partial charge on any atom is 0.268 e. The molecule has 2 aromatic heterocycles. The van der Waals surface area contributed by atoms with Gasteiger partial charge in [-0.3, -0.25) is 9.20 Å². The summed E-state index contributed by atoms with van der Waals surface area (Å²) in [6, 6.07) is -0.989. The third-order valence-electron chi connectivity index (χ3n) is 4.99. The number of fused-ring (bicyclic) bond motifs is 2. The monoisotopic (exact) mass is 399 g/mol. The summed E-state index contributed by atoms with van der Waals surface area (Å²) in [5.74, 6) is -2.05. The van der Waals surface area contributed by atoms with Crippen molar-refractivity contribution in [2.45, 2.75) is 43.6 Å². The predicted molar refractivity (Wildman–Crippen MR) is 86.8 cm³/mol. The van der Waals surface area contributed by atoms with Crippen LogP contribution in [-0.2, 0) is 4.79 Å². The SMILES string of the molecule is Nc1nccn2c(C3CC[C@H]4N(C3)C(=O)CCC4(F)F)nc(Br)c12. The molecule has 6 nitrogen and oxygen atoms in total. The molecular weight excluding hydrogens is 384 g/mol. The number of halogens is 3. The molecule has 0 saturated carbocycles. The van der Waals surface area contributed by atoms with Gasteiger partial charge in [0, 0.05) is 37.7 Å². The quantitative estimate of drug-likeness (QED) is 0.799. The number of nitrogens with zero attached hydrogens (tertiary/aromatic N) is 4. The number of alkyl halides is 2. The molecule has 9 heteroatoms. The fourth-order valence-corrected chi connectivity index (χ4v) is 4.39. The number of aromatic nitrogens is 3. The average molecular weight is 400 g/mol. The third kappa shape index (κ3) is 2.28. The molecule has 4 rings (SSSR count). The Kier molecular flexibility index (Phi) is 3.52. The zero-order chi connectivity index (χ0) is 17.1. The first-order valence-corrected chi connectivity index (χ1v) is 8.63. The number of rotatable bonds is 1. The van der Waals surface area contributed by atoms with Gasteiger partial charge in [-0.15, -0.1) is 0 Å². The Morgan fingerprint density at radius 3 is 2.96 bits per heavy atom. The molecule has 0 aromatic carbocycles. The van der Waals surface area contributed by atoms with Gasteiger partial charge >= 0.3 is 0 Å². The van der Waals surface area contributed by atoms with Crippen LogP contribution in [0.1, 0.15) is 37.4 Å². The van der Waals surface area contributed by atoms with E-state index in [9.17, 15) is 13.6 Å². The van der Waals surface area contributed by atoms with Gasteiger partial charge in [0.2, 0.25) is 5.91 Å². The second-order valence-electron chi connectivity index (χ2n) is 6.39. The van der Waals surface area contributed by atoms with Crippen molar-refractivity contribution in [1.82, 2.24) is 19.3 Å². The molecule has 24 heavy (non-hydrogen) atoms. The van der Waals surface area contributed by atoms with Gasteiger partial charge in [0.15, 0.2) is 5.82 Å². The molecular formula is C15H16BrF2N5O. The van der Waals surface area contributed by atoms with E-state index in [1.807, 2.05) is 4.40 Å². The summed E-state index contributed by atoms with van der Waals surface area (Å²) in [6.45, 7) is 0.257. The highest BCUT2D eigenvalue weighted by Gasteiger charge is 2.51. The van der Waals surface area contributed by atoms with E-state index in [0.717, 1.165) is 0 Å². The number of piperidine rings is 2. The van der Waals surface area contributed by atoms with E-state index in [0.29, 0.717) is 28.2 Å². The van der Waals surface area contributed by atoms with Crippen LogP contribution in [0.3, 0.4) is 0 Å². The highest BCUT2D eigenvalue weighted by atomic mass is 79.9. The van der Waals surface area contributed by atoms with Crippen LogP contribution in [0.4, 0.5) is 14.6 Å². The highest BCUT2D eigenvalue weighted by Crippen LogP contribution is 2.42. The molecule has 1 unspecified atom stereocenters. The molecule has 0 aliphatic carbocycles. The van der Waals surface area contributed by atoms with Crippen molar-refractivity contribution in [3.8, 4) is 0 Å². The molecule has 2 fully saturated rings. The van der Waals surface area contributed by atoms with E-state index < -0.39 is 12.0 Å². The van der Waals surface area contributed by atoms with Crippen molar-refractivity contribution >= 4 is 33.2 Å². The smallest absolute Gasteiger partial charge is 0.268 e. The van der Waals surface area contributed by atoms with Gasteiger partial charge in [-0.2, -0.15) is 0 Å². The van der Waals surface area contributed by atoms with E-state index in [-0.39, 0.29) is 37.6 Å². The first kappa shape index (κ1) is 15.7. The van der Waals surface area contributed by atoms with Gasteiger partial charge < -0.3 is 10.6 Å². The van der Waals surface area contributed by atoms with Crippen LogP contribution >= 0.6 is 15.9 Å². The summed E-state index contributed by atoms with van der Waals surface area (Å²) in [5, 5.41) is 0. The fourth-order valence-electron chi connectivity index (χ4n) is 3.81. The molecule has 1 amide bonds. The zero-order valence-electron chi connectivity index (χ0n) is 12.8. The van der Waals surface area contributed by atoms with Crippen molar-refractivity contribution in [2.75, 3.05) is 12.3 Å². The van der Waals surface area contributed by atoms with Crippen LogP contribution in [0.2, 0.25) is 0 Å². The Hall–Kier alpha value is -1.77. The number of hydrogen-bond donors (Lipinski definition) is 1. The van der Waals surface area contributed by atoms with Gasteiger partial charge in [0.05, 0.1) is 6.04 Å². The van der Waals surface area contributed by atoms with Crippen molar-refractivity contribution in [3.63, 3.8) is 0 Å². The molecule has 2 aliphatic heterocycles. The first-order valence-electron chi connectivity index (χ1n) is 7.83. The Morgan fingerprint density at radius 1 is 1.38 bits per heavy atom. The minimum Gasteiger partial charge on any atom is -0.382 e. The van der Waals surface area contributed by atoms with E-state index >= 15 is 0 Å². The summed E-state index contributed by atoms with van der Waals surface area (Å²) in [5.41, 5.74) is 6.56. The number of imidazole rings is 1. The van der Waals surface area contributed by atoms with E-state index in [4.69, 9.17) is 5.73 Å². The third-order valence-corrected chi connectivity index (χ3v) is 5.55. The number of amides is 1. The Labute approximate surface area is 145 Å². The van der Waals surface area contributed by atoms with Gasteiger partial charge in [0.1, 0.15) is 15.9 Å². The molecule has 2 saturated heterocycles. The number of carbonyl (C=O) groups excluding carboxylic acids is 1. The van der Waals surface area contributed by atoms with Crippen molar-refractivity contribution in [1.29, 1.82) is 0 Å². The van der Waals surface area contributed by atoms with Gasteiger partial charge in [-0.05, 0) is 28.8 Å². The molecule has 128 valence electrons. The standard InChI is InChI=1S/C15H16BrF2N5O/c16-12-11-13(19)20-5-6-22(11)14(21-12)8-1-2-9-15(17,18)4-3-10(24)23(9)7-8/h5-6,8-9H,1-4,7H2,(H2,19,20)/t8?,9-/m1/s1. The van der Waals surface area contributed by atoms with Crippen LogP contribution in [0.15, 0.2) is 17.0 Å². The van der Waals surface area contributed by atoms with Crippen LogP contribution < -0.4 is 5.73 Å². The normalized spacial score (nSPS) is 26.6. The van der Waals surface area contributed by atoms with Crippen LogP contribution in [0.5, 0.6) is 0 Å². The lowest BCUT2D eigenvalue weighted by Crippen LogP contribution is -2.58. The minimum absolute atomic E-state index is 0.0981. The van der Waals surface area contributed by atoms with Crippen molar-refractivity contribution < 1.29 is 13.6 Å². The lowest BCUT2D eigenvalue weighted by Gasteiger charge is -2.45. The maximum absolute atomic E-state index is 14.1. The zero-order valence-corrected chi connectivity index (χ0v) is 14.3. The van der Waals surface area contributed by atoms with Crippen LogP contribution in [0, 0.1) is 0 Å². The fraction of sp³-hybridized carbons (Fsp3) is 0.533. The van der Waals surface area contributed by atoms with Crippen molar-refractivity contribution in [2.24, 2.45) is 0 Å². The Bertz CT molecular complexity index is 824. The van der Waals surface area contributed by atoms with Gasteiger partial charge in [-0.25, -0.2) is 18.7 Å². The van der Waals surface area contributed by atoms with E-state index in [2.05, 4.69) is 25.9 Å². The van der Waals surface area contributed by atoms with E-state index in [1.54, 1.807) is 12.4 Å². The lowest BCUT2D eigenvalue weighted by molar-refractivity contribution is -0.166. The maximum atomic E-state index is 14.1. The van der Waals surface area contributed by atoms with Crippen molar-refractivity contribution in [3.05, 3.63) is 22.8 Å². The number of carbonyl (C=O) groups is 1. The molecule has 2 atom stereocenters. The van der Waals surface area contributed by atoms with Crippen LogP contribution in [-0.4, -0.2) is 43.7 Å².